The van der Waals surface area contributed by atoms with E-state index < -0.39 is 16.4 Å². The van der Waals surface area contributed by atoms with Crippen molar-refractivity contribution in [1.82, 2.24) is 4.98 Å². The summed E-state index contributed by atoms with van der Waals surface area (Å²) in [5.74, 6) is 2.74. The van der Waals surface area contributed by atoms with Crippen molar-refractivity contribution >= 4 is 21.6 Å². The Hall–Kier alpha value is -2.02. The van der Waals surface area contributed by atoms with E-state index in [0.717, 1.165) is 17.8 Å². The molecule has 3 aromatic rings. The minimum atomic E-state index is -1.78. The predicted molar refractivity (Wildman–Crippen MR) is 188 cm³/mol. The summed E-state index contributed by atoms with van der Waals surface area (Å²) in [6.07, 6.45) is 12.2. The van der Waals surface area contributed by atoms with Crippen LogP contribution in [-0.2, 0) is 10.8 Å². The van der Waals surface area contributed by atoms with Crippen LogP contribution in [0.4, 0.5) is 0 Å². The maximum Gasteiger partial charge on any atom is 0.192 e. The average molecular weight is 610 g/mol. The van der Waals surface area contributed by atoms with Gasteiger partial charge in [0.25, 0.3) is 0 Å². The highest BCUT2D eigenvalue weighted by Gasteiger charge is 2.57. The van der Waals surface area contributed by atoms with Crippen molar-refractivity contribution in [3.8, 4) is 0 Å². The summed E-state index contributed by atoms with van der Waals surface area (Å²) in [7, 11) is -3.44. The normalized spacial score (nSPS) is 28.1. The van der Waals surface area contributed by atoms with Gasteiger partial charge in [0.1, 0.15) is 0 Å². The molecule has 1 aromatic heterocycles. The Labute approximate surface area is 264 Å². The summed E-state index contributed by atoms with van der Waals surface area (Å²) < 4.78 is 7.18. The standard InChI is InChI=1S/C39H55NOSi2/c1-38(2,3)43(7,8)41-37-19-18-36-34-17-15-29-26-30(14-16-32(29)33(34)20-23-39(36,37)4)35(28-21-24-40-25-22-28)27-42(5,6)31-12-10-9-11-13-31/h9-14,16,21-22,24-26,33-37H,15,17-20,23,27H2,1-8H3/t33-,34-,35?,36+,37?,39+/m1/s1. The highest BCUT2D eigenvalue weighted by atomic mass is 28.4. The lowest BCUT2D eigenvalue weighted by Gasteiger charge is -2.52. The van der Waals surface area contributed by atoms with Crippen LogP contribution in [-0.4, -0.2) is 27.5 Å². The van der Waals surface area contributed by atoms with Crippen LogP contribution in [0.15, 0.2) is 73.1 Å². The number of aromatic nitrogens is 1. The van der Waals surface area contributed by atoms with Crippen molar-refractivity contribution in [1.29, 1.82) is 0 Å². The number of pyridine rings is 1. The van der Waals surface area contributed by atoms with Gasteiger partial charge in [-0.1, -0.05) is 94.5 Å². The zero-order valence-electron chi connectivity index (χ0n) is 28.1. The Morgan fingerprint density at radius 2 is 1.60 bits per heavy atom. The van der Waals surface area contributed by atoms with E-state index in [1.807, 2.05) is 12.4 Å². The maximum atomic E-state index is 7.18. The SMILES string of the molecule is CC(C)(C)[Si](C)(C)OC1CC[C@H]2[C@@H]3CCc4cc(C(C[Si](C)(C)c5ccccc5)c5ccncc5)ccc4[C@H]3CC[C@]12C. The zero-order chi connectivity index (χ0) is 30.6. The Morgan fingerprint density at radius 1 is 0.884 bits per heavy atom. The summed E-state index contributed by atoms with van der Waals surface area (Å²) in [6.45, 7) is 19.8. The van der Waals surface area contributed by atoms with E-state index in [-0.39, 0.29) is 5.04 Å². The number of hydrogen-bond acceptors (Lipinski definition) is 2. The molecular weight excluding hydrogens is 555 g/mol. The molecule has 2 saturated carbocycles. The van der Waals surface area contributed by atoms with Crippen LogP contribution in [0.5, 0.6) is 0 Å². The molecular formula is C39H55NOSi2. The summed E-state index contributed by atoms with van der Waals surface area (Å²) >= 11 is 0. The van der Waals surface area contributed by atoms with E-state index >= 15 is 0 Å². The molecule has 43 heavy (non-hydrogen) atoms. The van der Waals surface area contributed by atoms with Gasteiger partial charge in [0.15, 0.2) is 8.32 Å². The van der Waals surface area contributed by atoms with Crippen LogP contribution in [0.3, 0.4) is 0 Å². The molecule has 6 rings (SSSR count). The third kappa shape index (κ3) is 5.77. The van der Waals surface area contributed by atoms with Gasteiger partial charge in [-0.15, -0.1) is 0 Å². The molecule has 230 valence electrons. The summed E-state index contributed by atoms with van der Waals surface area (Å²) in [5.41, 5.74) is 6.56. The molecule has 0 bridgehead atoms. The molecule has 6 atom stereocenters. The van der Waals surface area contributed by atoms with Gasteiger partial charge in [-0.2, -0.15) is 0 Å². The number of aryl methyl sites for hydroxylation is 1. The lowest BCUT2D eigenvalue weighted by Crippen LogP contribution is -2.50. The van der Waals surface area contributed by atoms with E-state index in [0.29, 0.717) is 17.4 Å². The first-order valence-corrected chi connectivity index (χ1v) is 23.2. The summed E-state index contributed by atoms with van der Waals surface area (Å²) in [6, 6.07) is 24.7. The Kier molecular flexibility index (Phi) is 8.22. The molecule has 3 aliphatic carbocycles. The molecule has 0 N–H and O–H groups in total. The van der Waals surface area contributed by atoms with Gasteiger partial charge in [0.05, 0.1) is 14.2 Å². The molecule has 2 nitrogen and oxygen atoms in total. The molecule has 0 amide bonds. The van der Waals surface area contributed by atoms with Crippen LogP contribution in [0.1, 0.15) is 93.9 Å². The first-order valence-electron chi connectivity index (χ1n) is 17.1. The zero-order valence-corrected chi connectivity index (χ0v) is 30.1. The van der Waals surface area contributed by atoms with Crippen LogP contribution in [0, 0.1) is 17.3 Å². The Morgan fingerprint density at radius 3 is 2.30 bits per heavy atom. The van der Waals surface area contributed by atoms with Crippen molar-refractivity contribution < 1.29 is 4.43 Å². The third-order valence-corrected chi connectivity index (χ3v) is 20.5. The van der Waals surface area contributed by atoms with Gasteiger partial charge in [0, 0.05) is 18.3 Å². The van der Waals surface area contributed by atoms with Gasteiger partial charge in [-0.05, 0) is 120 Å². The number of hydrogen-bond donors (Lipinski definition) is 0. The monoisotopic (exact) mass is 609 g/mol. The summed E-state index contributed by atoms with van der Waals surface area (Å²) in [5, 5.41) is 1.82. The lowest BCUT2D eigenvalue weighted by molar-refractivity contribution is -0.0164. The second kappa shape index (κ2) is 11.4. The Bertz CT molecular complexity index is 1410. The van der Waals surface area contributed by atoms with Crippen LogP contribution >= 0.6 is 0 Å². The van der Waals surface area contributed by atoms with E-state index in [1.165, 1.54) is 55.7 Å². The van der Waals surface area contributed by atoms with Crippen molar-refractivity contribution in [3.05, 3.63) is 95.3 Å². The van der Waals surface area contributed by atoms with Crippen LogP contribution in [0.2, 0.25) is 37.3 Å². The number of benzene rings is 2. The average Bonchev–Trinajstić information content (AvgIpc) is 3.31. The fraction of sp³-hybridized carbons (Fsp3) is 0.564. The summed E-state index contributed by atoms with van der Waals surface area (Å²) in [4.78, 5) is 4.36. The molecule has 0 spiro atoms. The van der Waals surface area contributed by atoms with Crippen LogP contribution < -0.4 is 5.19 Å². The lowest BCUT2D eigenvalue weighted by atomic mass is 9.55. The van der Waals surface area contributed by atoms with E-state index in [1.54, 1.807) is 16.3 Å². The van der Waals surface area contributed by atoms with Crippen molar-refractivity contribution in [2.75, 3.05) is 0 Å². The van der Waals surface area contributed by atoms with Gasteiger partial charge in [-0.25, -0.2) is 0 Å². The van der Waals surface area contributed by atoms with Crippen molar-refractivity contribution in [3.63, 3.8) is 0 Å². The van der Waals surface area contributed by atoms with Gasteiger partial charge in [-0.3, -0.25) is 4.98 Å². The van der Waals surface area contributed by atoms with Crippen molar-refractivity contribution in [2.24, 2.45) is 17.3 Å². The van der Waals surface area contributed by atoms with Crippen LogP contribution in [0.25, 0.3) is 0 Å². The minimum absolute atomic E-state index is 0.271. The fourth-order valence-corrected chi connectivity index (χ4v) is 13.3. The van der Waals surface area contributed by atoms with E-state index in [2.05, 4.69) is 120 Å². The molecule has 1 heterocycles. The first kappa shape index (κ1) is 31.0. The van der Waals surface area contributed by atoms with Crippen molar-refractivity contribution in [2.45, 2.75) is 121 Å². The second-order valence-corrected chi connectivity index (χ2v) is 26.2. The first-order chi connectivity index (χ1) is 20.3. The number of rotatable bonds is 7. The van der Waals surface area contributed by atoms with E-state index in [9.17, 15) is 0 Å². The molecule has 2 unspecified atom stereocenters. The highest BCUT2D eigenvalue weighted by Crippen LogP contribution is 2.62. The molecule has 0 aliphatic heterocycles. The molecule has 0 saturated heterocycles. The van der Waals surface area contributed by atoms with Gasteiger partial charge < -0.3 is 4.43 Å². The highest BCUT2D eigenvalue weighted by molar-refractivity contribution is 6.89. The fourth-order valence-electron chi connectivity index (χ4n) is 9.04. The maximum absolute atomic E-state index is 7.18. The van der Waals surface area contributed by atoms with Gasteiger partial charge >= 0.3 is 0 Å². The molecule has 4 heteroatoms. The number of nitrogens with zero attached hydrogens (tertiary/aromatic N) is 1. The molecule has 3 aliphatic rings. The van der Waals surface area contributed by atoms with Gasteiger partial charge in [0.2, 0.25) is 0 Å². The molecule has 2 fully saturated rings. The Balaban J connectivity index is 1.26. The second-order valence-electron chi connectivity index (χ2n) is 16.6. The quantitative estimate of drug-likeness (QED) is 0.249. The van der Waals surface area contributed by atoms with E-state index in [4.69, 9.17) is 4.43 Å². The largest absolute Gasteiger partial charge is 0.413 e. The minimum Gasteiger partial charge on any atom is -0.413 e. The molecule has 0 radical (unpaired) electrons. The number of fused-ring (bicyclic) bond motifs is 5. The topological polar surface area (TPSA) is 22.1 Å². The smallest absolute Gasteiger partial charge is 0.192 e. The molecule has 2 aromatic carbocycles. The predicted octanol–water partition coefficient (Wildman–Crippen LogP) is 10.1. The third-order valence-electron chi connectivity index (χ3n) is 12.7.